The molecule has 3 heterocycles. The molecule has 6 nitrogen and oxygen atoms in total. The molecule has 2 atom stereocenters. The molecule has 116 valence electrons. The van der Waals surface area contributed by atoms with E-state index in [1.54, 1.807) is 23.4 Å². The number of hydrogen-bond donors (Lipinski definition) is 1. The predicted molar refractivity (Wildman–Crippen MR) is 85.3 cm³/mol. The second-order valence-electron chi connectivity index (χ2n) is 5.62. The molecule has 0 radical (unpaired) electrons. The van der Waals surface area contributed by atoms with Gasteiger partial charge in [0.05, 0.1) is 6.04 Å². The Hall–Kier alpha value is -2.94. The van der Waals surface area contributed by atoms with E-state index in [0.29, 0.717) is 18.7 Å². The summed E-state index contributed by atoms with van der Waals surface area (Å²) in [5, 5.41) is 12.2. The van der Waals surface area contributed by atoms with Crippen LogP contribution in [0, 0.1) is 17.2 Å². The molecule has 2 aromatic rings. The second kappa shape index (κ2) is 6.44. The molecule has 3 rings (SSSR count). The molecule has 0 aliphatic carbocycles. The summed E-state index contributed by atoms with van der Waals surface area (Å²) in [6.07, 6.45) is 5.64. The van der Waals surface area contributed by atoms with Crippen LogP contribution in [-0.2, 0) is 4.79 Å². The monoisotopic (exact) mass is 307 g/mol. The normalized spacial score (nSPS) is 20.3. The van der Waals surface area contributed by atoms with Crippen molar-refractivity contribution in [2.45, 2.75) is 12.5 Å². The molecule has 0 saturated carbocycles. The maximum Gasteiger partial charge on any atom is 0.223 e. The first-order valence-electron chi connectivity index (χ1n) is 7.44. The quantitative estimate of drug-likeness (QED) is 0.934. The molecule has 0 bridgehead atoms. The van der Waals surface area contributed by atoms with Crippen LogP contribution in [0.25, 0.3) is 0 Å². The van der Waals surface area contributed by atoms with Gasteiger partial charge < -0.3 is 10.2 Å². The average molecular weight is 307 g/mol. The number of rotatable bonds is 4. The first-order valence-corrected chi connectivity index (χ1v) is 7.44. The minimum absolute atomic E-state index is 0.0148. The van der Waals surface area contributed by atoms with Gasteiger partial charge in [-0.15, -0.1) is 0 Å². The van der Waals surface area contributed by atoms with Crippen molar-refractivity contribution in [2.24, 2.45) is 5.92 Å². The van der Waals surface area contributed by atoms with Crippen molar-refractivity contribution >= 4 is 11.6 Å². The molecular weight excluding hydrogens is 290 g/mol. The first kappa shape index (κ1) is 15.0. The SMILES string of the molecule is CN1C(=O)C[C@@H](CNc2ccnc(C#N)c2)[C@@H]1c1cccnc1. The first-order chi connectivity index (χ1) is 11.2. The van der Waals surface area contributed by atoms with Gasteiger partial charge in [0.1, 0.15) is 11.8 Å². The van der Waals surface area contributed by atoms with E-state index in [2.05, 4.69) is 15.3 Å². The van der Waals surface area contributed by atoms with Gasteiger partial charge >= 0.3 is 0 Å². The van der Waals surface area contributed by atoms with Crippen LogP contribution in [-0.4, -0.2) is 34.4 Å². The van der Waals surface area contributed by atoms with E-state index >= 15 is 0 Å². The summed E-state index contributed by atoms with van der Waals surface area (Å²) >= 11 is 0. The largest absolute Gasteiger partial charge is 0.385 e. The van der Waals surface area contributed by atoms with Crippen LogP contribution in [0.1, 0.15) is 23.7 Å². The van der Waals surface area contributed by atoms with E-state index in [1.165, 1.54) is 0 Å². The number of carbonyl (C=O) groups is 1. The predicted octanol–water partition coefficient (Wildman–Crippen LogP) is 1.98. The van der Waals surface area contributed by atoms with Gasteiger partial charge in [0.2, 0.25) is 5.91 Å². The number of aromatic nitrogens is 2. The van der Waals surface area contributed by atoms with Gasteiger partial charge in [-0.05, 0) is 23.8 Å². The molecule has 1 amide bonds. The highest BCUT2D eigenvalue weighted by molar-refractivity contribution is 5.79. The molecule has 1 fully saturated rings. The number of hydrogen-bond acceptors (Lipinski definition) is 5. The van der Waals surface area contributed by atoms with Crippen molar-refractivity contribution in [1.82, 2.24) is 14.9 Å². The topological polar surface area (TPSA) is 81.9 Å². The summed E-state index contributed by atoms with van der Waals surface area (Å²) in [6, 6.07) is 9.45. The van der Waals surface area contributed by atoms with Crippen LogP contribution in [0.2, 0.25) is 0 Å². The highest BCUT2D eigenvalue weighted by atomic mass is 16.2. The Kier molecular flexibility index (Phi) is 4.20. The molecule has 2 aromatic heterocycles. The third-order valence-corrected chi connectivity index (χ3v) is 4.16. The van der Waals surface area contributed by atoms with E-state index in [-0.39, 0.29) is 17.9 Å². The Morgan fingerprint density at radius 3 is 3.04 bits per heavy atom. The molecule has 1 saturated heterocycles. The zero-order chi connectivity index (χ0) is 16.2. The number of likely N-dealkylation sites (tertiary alicyclic amines) is 1. The Balaban J connectivity index is 1.75. The fraction of sp³-hybridized carbons (Fsp3) is 0.294. The summed E-state index contributed by atoms with van der Waals surface area (Å²) in [5.74, 6) is 0.286. The molecule has 0 spiro atoms. The summed E-state index contributed by atoms with van der Waals surface area (Å²) in [7, 11) is 1.83. The van der Waals surface area contributed by atoms with Gasteiger partial charge in [0, 0.05) is 50.2 Å². The van der Waals surface area contributed by atoms with Gasteiger partial charge in [0.25, 0.3) is 0 Å². The lowest BCUT2D eigenvalue weighted by atomic mass is 9.94. The van der Waals surface area contributed by atoms with E-state index in [0.717, 1.165) is 11.3 Å². The lowest BCUT2D eigenvalue weighted by molar-refractivity contribution is -0.127. The zero-order valence-electron chi connectivity index (χ0n) is 12.8. The van der Waals surface area contributed by atoms with Crippen LogP contribution in [0.15, 0.2) is 42.9 Å². The zero-order valence-corrected chi connectivity index (χ0v) is 12.8. The van der Waals surface area contributed by atoms with Crippen molar-refractivity contribution < 1.29 is 4.79 Å². The van der Waals surface area contributed by atoms with Crippen molar-refractivity contribution in [3.8, 4) is 6.07 Å². The number of nitrogens with zero attached hydrogens (tertiary/aromatic N) is 4. The van der Waals surface area contributed by atoms with E-state index in [4.69, 9.17) is 5.26 Å². The molecule has 23 heavy (non-hydrogen) atoms. The van der Waals surface area contributed by atoms with Crippen LogP contribution in [0.5, 0.6) is 0 Å². The fourth-order valence-corrected chi connectivity index (χ4v) is 3.03. The second-order valence-corrected chi connectivity index (χ2v) is 5.62. The number of nitriles is 1. The minimum atomic E-state index is 0.0148. The molecule has 1 aliphatic heterocycles. The van der Waals surface area contributed by atoms with Crippen molar-refractivity contribution in [3.63, 3.8) is 0 Å². The smallest absolute Gasteiger partial charge is 0.223 e. The maximum absolute atomic E-state index is 12.1. The fourth-order valence-electron chi connectivity index (χ4n) is 3.03. The number of amides is 1. The van der Waals surface area contributed by atoms with Gasteiger partial charge in [-0.3, -0.25) is 9.78 Å². The van der Waals surface area contributed by atoms with Gasteiger partial charge in [-0.2, -0.15) is 5.26 Å². The standard InChI is InChI=1S/C17H17N5O/c1-22-16(23)7-13(17(22)12-3-2-5-19-10-12)11-21-14-4-6-20-15(8-14)9-18/h2-6,8,10,13,17H,7,11H2,1H3,(H,20,21)/t13-,17-/m0/s1. The molecule has 6 heteroatoms. The van der Waals surface area contributed by atoms with Gasteiger partial charge in [-0.25, -0.2) is 4.98 Å². The van der Waals surface area contributed by atoms with E-state index in [1.807, 2.05) is 37.5 Å². The molecule has 0 aromatic carbocycles. The lowest BCUT2D eigenvalue weighted by Gasteiger charge is -2.25. The lowest BCUT2D eigenvalue weighted by Crippen LogP contribution is -2.26. The van der Waals surface area contributed by atoms with Crippen LogP contribution < -0.4 is 5.32 Å². The van der Waals surface area contributed by atoms with E-state index < -0.39 is 0 Å². The highest BCUT2D eigenvalue weighted by Crippen LogP contribution is 2.36. The van der Waals surface area contributed by atoms with E-state index in [9.17, 15) is 4.79 Å². The summed E-state index contributed by atoms with van der Waals surface area (Å²) in [4.78, 5) is 22.0. The molecule has 1 N–H and O–H groups in total. The Bertz CT molecular complexity index is 740. The van der Waals surface area contributed by atoms with Crippen LogP contribution >= 0.6 is 0 Å². The van der Waals surface area contributed by atoms with Crippen molar-refractivity contribution in [3.05, 3.63) is 54.1 Å². The summed E-state index contributed by atoms with van der Waals surface area (Å²) < 4.78 is 0. The summed E-state index contributed by atoms with van der Waals surface area (Å²) in [6.45, 7) is 0.643. The maximum atomic E-state index is 12.1. The Morgan fingerprint density at radius 1 is 1.43 bits per heavy atom. The molecular formula is C17H17N5O. The third kappa shape index (κ3) is 3.14. The van der Waals surface area contributed by atoms with Crippen molar-refractivity contribution in [2.75, 3.05) is 18.9 Å². The number of pyridine rings is 2. The molecule has 1 aliphatic rings. The number of carbonyl (C=O) groups excluding carboxylic acids is 1. The Morgan fingerprint density at radius 2 is 2.30 bits per heavy atom. The van der Waals surface area contributed by atoms with Gasteiger partial charge in [-0.1, -0.05) is 6.07 Å². The highest BCUT2D eigenvalue weighted by Gasteiger charge is 2.38. The number of anilines is 1. The Labute approximate surface area is 134 Å². The van der Waals surface area contributed by atoms with Crippen LogP contribution in [0.3, 0.4) is 0 Å². The van der Waals surface area contributed by atoms with Crippen LogP contribution in [0.4, 0.5) is 5.69 Å². The summed E-state index contributed by atoms with van der Waals surface area (Å²) in [5.41, 5.74) is 2.25. The molecule has 0 unspecified atom stereocenters. The third-order valence-electron chi connectivity index (χ3n) is 4.16. The van der Waals surface area contributed by atoms with Gasteiger partial charge in [0.15, 0.2) is 0 Å². The number of nitrogens with one attached hydrogen (secondary N) is 1. The van der Waals surface area contributed by atoms with Crippen molar-refractivity contribution in [1.29, 1.82) is 5.26 Å². The average Bonchev–Trinajstić information content (AvgIpc) is 2.88. The minimum Gasteiger partial charge on any atom is -0.385 e.